The van der Waals surface area contributed by atoms with Gasteiger partial charge < -0.3 is 5.32 Å². The zero-order chi connectivity index (χ0) is 18.0. The zero-order valence-electron chi connectivity index (χ0n) is 15.3. The molecule has 0 aliphatic heterocycles. The highest BCUT2D eigenvalue weighted by Gasteiger charge is 2.12. The molecule has 0 saturated heterocycles. The minimum atomic E-state index is 0.0940. The number of hydrogen-bond acceptors (Lipinski definition) is 3. The van der Waals surface area contributed by atoms with Gasteiger partial charge in [0.25, 0.3) is 0 Å². The highest BCUT2D eigenvalue weighted by Crippen LogP contribution is 2.24. The third-order valence-corrected chi connectivity index (χ3v) is 4.36. The first-order chi connectivity index (χ1) is 12.0. The molecule has 1 amide bonds. The number of nitrogens with one attached hydrogen (secondary N) is 1. The molecular weight excluding hydrogens is 312 g/mol. The van der Waals surface area contributed by atoms with E-state index in [1.165, 1.54) is 5.56 Å². The summed E-state index contributed by atoms with van der Waals surface area (Å²) < 4.78 is 2.17. The van der Waals surface area contributed by atoms with Gasteiger partial charge in [-0.05, 0) is 51.0 Å². The smallest absolute Gasteiger partial charge is 0.219 e. The Morgan fingerprint density at radius 3 is 2.52 bits per heavy atom. The molecule has 0 fully saturated rings. The molecule has 5 heteroatoms. The van der Waals surface area contributed by atoms with Gasteiger partial charge in [-0.15, -0.1) is 0 Å². The van der Waals surface area contributed by atoms with E-state index in [2.05, 4.69) is 50.2 Å². The molecule has 0 saturated carbocycles. The van der Waals surface area contributed by atoms with Crippen LogP contribution in [0.2, 0.25) is 0 Å². The number of pyridine rings is 1. The summed E-state index contributed by atoms with van der Waals surface area (Å²) in [6.07, 6.45) is 1.36. The monoisotopic (exact) mass is 336 g/mol. The van der Waals surface area contributed by atoms with Gasteiger partial charge in [-0.2, -0.15) is 0 Å². The highest BCUT2D eigenvalue weighted by atomic mass is 16.1. The molecule has 0 aliphatic carbocycles. The summed E-state index contributed by atoms with van der Waals surface area (Å²) >= 11 is 0. The number of carbonyl (C=O) groups excluding carboxylic acids is 1. The van der Waals surface area contributed by atoms with Crippen LogP contribution in [0.15, 0.2) is 30.3 Å². The van der Waals surface area contributed by atoms with Crippen LogP contribution >= 0.6 is 0 Å². The zero-order valence-corrected chi connectivity index (χ0v) is 15.3. The third kappa shape index (κ3) is 3.55. The first-order valence-electron chi connectivity index (χ1n) is 8.69. The fourth-order valence-electron chi connectivity index (χ4n) is 3.10. The van der Waals surface area contributed by atoms with Gasteiger partial charge in [-0.1, -0.05) is 19.1 Å². The first kappa shape index (κ1) is 17.1. The number of aryl methyl sites for hydroxylation is 3. The molecule has 0 aliphatic rings. The van der Waals surface area contributed by atoms with Gasteiger partial charge in [0.15, 0.2) is 0 Å². The quantitative estimate of drug-likeness (QED) is 0.777. The Kier molecular flexibility index (Phi) is 4.83. The highest BCUT2D eigenvalue weighted by molar-refractivity contribution is 5.80. The fraction of sp³-hybridized carbons (Fsp3) is 0.350. The van der Waals surface area contributed by atoms with Crippen LogP contribution in [0.5, 0.6) is 0 Å². The summed E-state index contributed by atoms with van der Waals surface area (Å²) in [6, 6.07) is 10.5. The van der Waals surface area contributed by atoms with Crippen LogP contribution in [0, 0.1) is 20.8 Å². The number of amides is 1. The number of rotatable bonds is 5. The van der Waals surface area contributed by atoms with E-state index in [4.69, 9.17) is 0 Å². The second kappa shape index (κ2) is 7.05. The van der Waals surface area contributed by atoms with Crippen LogP contribution in [-0.4, -0.2) is 27.0 Å². The van der Waals surface area contributed by atoms with Crippen molar-refractivity contribution in [2.24, 2.45) is 0 Å². The summed E-state index contributed by atoms with van der Waals surface area (Å²) in [5, 5.41) is 2.91. The number of carbonyl (C=O) groups is 1. The van der Waals surface area contributed by atoms with Crippen LogP contribution in [0.25, 0.3) is 16.7 Å². The van der Waals surface area contributed by atoms with Crippen LogP contribution in [0.4, 0.5) is 0 Å². The summed E-state index contributed by atoms with van der Waals surface area (Å²) in [6.45, 7) is 8.56. The van der Waals surface area contributed by atoms with E-state index in [0.717, 1.165) is 40.4 Å². The maximum absolute atomic E-state index is 11.3. The topological polar surface area (TPSA) is 59.8 Å². The summed E-state index contributed by atoms with van der Waals surface area (Å²) in [7, 11) is 0. The first-order valence-corrected chi connectivity index (χ1v) is 8.69. The number of nitrogens with zero attached hydrogens (tertiary/aromatic N) is 3. The van der Waals surface area contributed by atoms with E-state index in [1.807, 2.05) is 27.7 Å². The fourth-order valence-corrected chi connectivity index (χ4v) is 3.10. The van der Waals surface area contributed by atoms with Crippen LogP contribution < -0.4 is 5.32 Å². The van der Waals surface area contributed by atoms with Gasteiger partial charge in [0.05, 0.1) is 11.2 Å². The van der Waals surface area contributed by atoms with Gasteiger partial charge in [-0.3, -0.25) is 14.3 Å². The van der Waals surface area contributed by atoms with E-state index in [9.17, 15) is 4.79 Å². The van der Waals surface area contributed by atoms with Crippen LogP contribution in [0.3, 0.4) is 0 Å². The molecule has 0 radical (unpaired) electrons. The number of benzene rings is 1. The minimum absolute atomic E-state index is 0.0940. The number of aromatic nitrogens is 3. The summed E-state index contributed by atoms with van der Waals surface area (Å²) in [4.78, 5) is 20.5. The third-order valence-electron chi connectivity index (χ3n) is 4.36. The maximum Gasteiger partial charge on any atom is 0.219 e. The summed E-state index contributed by atoms with van der Waals surface area (Å²) in [5.41, 5.74) is 6.29. The molecule has 1 N–H and O–H groups in total. The van der Waals surface area contributed by atoms with Crippen molar-refractivity contribution in [3.05, 3.63) is 53.1 Å². The lowest BCUT2D eigenvalue weighted by Crippen LogP contribution is -2.24. The molecule has 0 bridgehead atoms. The van der Waals surface area contributed by atoms with Crippen molar-refractivity contribution >= 4 is 16.9 Å². The predicted octanol–water partition coefficient (Wildman–Crippen LogP) is 3.41. The molecule has 2 aromatic heterocycles. The Balaban J connectivity index is 1.86. The lowest BCUT2D eigenvalue weighted by molar-refractivity contribution is -0.120. The normalized spacial score (nSPS) is 11.0. The second-order valence-electron chi connectivity index (χ2n) is 6.33. The van der Waals surface area contributed by atoms with Crippen molar-refractivity contribution in [3.8, 4) is 5.69 Å². The van der Waals surface area contributed by atoms with Crippen molar-refractivity contribution in [2.45, 2.75) is 40.5 Å². The number of hydrogen-bond donors (Lipinski definition) is 1. The van der Waals surface area contributed by atoms with E-state index < -0.39 is 0 Å². The standard InChI is InChI=1S/C20H24N4O/c1-5-19(25)21-11-10-16-6-8-17(9-7-16)24-15(4)23-20-14(3)22-13(2)12-18(20)24/h6-9,12H,5,10-11H2,1-4H3,(H,21,25). The lowest BCUT2D eigenvalue weighted by atomic mass is 10.1. The SMILES string of the molecule is CCC(=O)NCCc1ccc(-n2c(C)nc3c(C)nc(C)cc32)cc1. The van der Waals surface area contributed by atoms with Gasteiger partial charge >= 0.3 is 0 Å². The molecule has 130 valence electrons. The number of imidazole rings is 1. The molecule has 0 atom stereocenters. The Labute approximate surface area is 148 Å². The van der Waals surface area contributed by atoms with E-state index in [0.29, 0.717) is 13.0 Å². The largest absolute Gasteiger partial charge is 0.356 e. The Hall–Kier alpha value is -2.69. The Morgan fingerprint density at radius 2 is 1.84 bits per heavy atom. The molecule has 3 rings (SSSR count). The molecule has 2 heterocycles. The average Bonchev–Trinajstić information content (AvgIpc) is 2.92. The van der Waals surface area contributed by atoms with Gasteiger partial charge in [0, 0.05) is 24.3 Å². The van der Waals surface area contributed by atoms with E-state index in [-0.39, 0.29) is 5.91 Å². The molecule has 0 spiro atoms. The molecule has 5 nitrogen and oxygen atoms in total. The van der Waals surface area contributed by atoms with Crippen LogP contribution in [0.1, 0.15) is 36.1 Å². The Bertz CT molecular complexity index is 910. The van der Waals surface area contributed by atoms with Gasteiger partial charge in [-0.25, -0.2) is 4.98 Å². The van der Waals surface area contributed by atoms with Crippen molar-refractivity contribution < 1.29 is 4.79 Å². The van der Waals surface area contributed by atoms with Gasteiger partial charge in [0.2, 0.25) is 5.91 Å². The molecule has 3 aromatic rings. The Morgan fingerprint density at radius 1 is 1.12 bits per heavy atom. The maximum atomic E-state index is 11.3. The number of fused-ring (bicyclic) bond motifs is 1. The van der Waals surface area contributed by atoms with Crippen molar-refractivity contribution in [1.82, 2.24) is 19.9 Å². The summed E-state index contributed by atoms with van der Waals surface area (Å²) in [5.74, 6) is 1.05. The van der Waals surface area contributed by atoms with E-state index >= 15 is 0 Å². The van der Waals surface area contributed by atoms with Crippen LogP contribution in [-0.2, 0) is 11.2 Å². The van der Waals surface area contributed by atoms with Crippen molar-refractivity contribution in [2.75, 3.05) is 6.54 Å². The second-order valence-corrected chi connectivity index (χ2v) is 6.33. The van der Waals surface area contributed by atoms with Crippen molar-refractivity contribution in [1.29, 1.82) is 0 Å². The van der Waals surface area contributed by atoms with Crippen molar-refractivity contribution in [3.63, 3.8) is 0 Å². The molecular formula is C20H24N4O. The minimum Gasteiger partial charge on any atom is -0.356 e. The average molecular weight is 336 g/mol. The van der Waals surface area contributed by atoms with Gasteiger partial charge in [0.1, 0.15) is 11.3 Å². The lowest BCUT2D eigenvalue weighted by Gasteiger charge is -2.09. The molecule has 1 aromatic carbocycles. The molecule has 0 unspecified atom stereocenters. The van der Waals surface area contributed by atoms with E-state index in [1.54, 1.807) is 0 Å². The molecule has 25 heavy (non-hydrogen) atoms. The predicted molar refractivity (Wildman–Crippen MR) is 100 cm³/mol.